The minimum atomic E-state index is -5.06. The predicted octanol–water partition coefficient (Wildman–Crippen LogP) is 5.03. The van der Waals surface area contributed by atoms with Crippen LogP contribution >= 0.6 is 11.6 Å². The van der Waals surface area contributed by atoms with E-state index in [0.717, 1.165) is 6.07 Å². The maximum absolute atomic E-state index is 13.6. The number of hydrogen-bond donors (Lipinski definition) is 2. The first kappa shape index (κ1) is 23.7. The highest BCUT2D eigenvalue weighted by atomic mass is 35.5. The van der Waals surface area contributed by atoms with E-state index in [-0.39, 0.29) is 39.0 Å². The lowest BCUT2D eigenvalue weighted by Gasteiger charge is -2.11. The molecule has 1 aliphatic heterocycles. The van der Waals surface area contributed by atoms with Crippen molar-refractivity contribution in [2.75, 3.05) is 5.01 Å². The van der Waals surface area contributed by atoms with Gasteiger partial charge in [-0.15, -0.1) is 0 Å². The second-order valence-electron chi connectivity index (χ2n) is 7.02. The number of amides is 1. The quantitative estimate of drug-likeness (QED) is 0.499. The minimum absolute atomic E-state index is 0.0251. The highest BCUT2D eigenvalue weighted by Gasteiger charge is 2.48. The third-order valence-corrected chi connectivity index (χ3v) is 5.05. The number of benzene rings is 2. The van der Waals surface area contributed by atoms with E-state index in [0.29, 0.717) is 5.01 Å². The van der Waals surface area contributed by atoms with Crippen molar-refractivity contribution in [1.82, 2.24) is 0 Å². The molecule has 0 atom stereocenters. The zero-order chi connectivity index (χ0) is 25.5. The third-order valence-electron chi connectivity index (χ3n) is 4.72. The van der Waals surface area contributed by atoms with Crippen molar-refractivity contribution in [1.29, 1.82) is 0 Å². The van der Waals surface area contributed by atoms with Gasteiger partial charge in [0.15, 0.2) is 11.4 Å². The summed E-state index contributed by atoms with van der Waals surface area (Å²) < 4.78 is 46.3. The van der Waals surface area contributed by atoms with Crippen molar-refractivity contribution < 1.29 is 42.2 Å². The molecule has 0 radical (unpaired) electrons. The molecule has 13 heteroatoms. The first-order chi connectivity index (χ1) is 16.5. The summed E-state index contributed by atoms with van der Waals surface area (Å²) in [6, 6.07) is 11.1. The van der Waals surface area contributed by atoms with E-state index in [2.05, 4.69) is 10.1 Å². The first-order valence-electron chi connectivity index (χ1n) is 9.51. The zero-order valence-corrected chi connectivity index (χ0v) is 17.8. The van der Waals surface area contributed by atoms with Gasteiger partial charge in [0.2, 0.25) is 5.88 Å². The van der Waals surface area contributed by atoms with Crippen LogP contribution in [0.4, 0.5) is 24.7 Å². The smallest absolute Gasteiger partial charge is 0.437 e. The van der Waals surface area contributed by atoms with Crippen LogP contribution in [-0.4, -0.2) is 45.7 Å². The largest absolute Gasteiger partial charge is 0.478 e. The lowest BCUT2D eigenvalue weighted by molar-refractivity contribution is -0.112. The Morgan fingerprint density at radius 3 is 2.43 bits per heavy atom. The van der Waals surface area contributed by atoms with Crippen LogP contribution in [-0.2, 0) is 4.79 Å². The number of aromatic carboxylic acids is 2. The van der Waals surface area contributed by atoms with Gasteiger partial charge in [-0.25, -0.2) is 14.6 Å². The Labute approximate surface area is 198 Å². The number of rotatable bonds is 5. The number of carbonyl (C=O) groups excluding carboxylic acids is 1. The fourth-order valence-electron chi connectivity index (χ4n) is 3.13. The molecule has 178 valence electrons. The van der Waals surface area contributed by atoms with Crippen molar-refractivity contribution in [2.24, 2.45) is 10.1 Å². The van der Waals surface area contributed by atoms with E-state index >= 15 is 0 Å². The molecule has 0 saturated heterocycles. The van der Waals surface area contributed by atoms with E-state index < -0.39 is 35.4 Å². The van der Waals surface area contributed by atoms with Gasteiger partial charge in [-0.3, -0.25) is 4.79 Å². The second-order valence-corrected chi connectivity index (χ2v) is 7.42. The molecule has 1 aromatic heterocycles. The molecule has 9 nitrogen and oxygen atoms in total. The Hall–Kier alpha value is -4.45. The fraction of sp³-hybridized carbons (Fsp3) is 0.0455. The number of carboxylic acid groups (broad SMARTS) is 2. The molecule has 0 saturated carbocycles. The molecule has 2 N–H and O–H groups in total. The molecule has 0 unspecified atom stereocenters. The summed E-state index contributed by atoms with van der Waals surface area (Å²) in [7, 11) is 0. The van der Waals surface area contributed by atoms with Gasteiger partial charge in [0.25, 0.3) is 5.91 Å². The Bertz CT molecular complexity index is 1440. The molecule has 4 rings (SSSR count). The lowest BCUT2D eigenvalue weighted by atomic mass is 10.1. The maximum Gasteiger partial charge on any atom is 0.437 e. The molecule has 0 bridgehead atoms. The van der Waals surface area contributed by atoms with Crippen LogP contribution in [0.1, 0.15) is 20.7 Å². The van der Waals surface area contributed by atoms with Crippen molar-refractivity contribution in [3.63, 3.8) is 0 Å². The van der Waals surface area contributed by atoms with E-state index in [4.69, 9.17) is 21.1 Å². The van der Waals surface area contributed by atoms with Crippen molar-refractivity contribution in [3.8, 4) is 11.3 Å². The number of halogens is 4. The zero-order valence-electron chi connectivity index (χ0n) is 17.1. The van der Waals surface area contributed by atoms with Crippen LogP contribution in [0.2, 0.25) is 5.02 Å². The van der Waals surface area contributed by atoms with Crippen molar-refractivity contribution in [3.05, 3.63) is 70.7 Å². The lowest BCUT2D eigenvalue weighted by Crippen LogP contribution is -2.33. The molecule has 1 amide bonds. The Morgan fingerprint density at radius 2 is 1.77 bits per heavy atom. The maximum atomic E-state index is 13.6. The predicted molar refractivity (Wildman–Crippen MR) is 118 cm³/mol. The van der Waals surface area contributed by atoms with Gasteiger partial charge >= 0.3 is 18.1 Å². The highest BCUT2D eigenvalue weighted by molar-refractivity contribution is 6.72. The van der Waals surface area contributed by atoms with Crippen molar-refractivity contribution >= 4 is 52.4 Å². The number of carbonyl (C=O) groups is 3. The highest BCUT2D eigenvalue weighted by Crippen LogP contribution is 2.32. The average Bonchev–Trinajstić information content (AvgIpc) is 3.39. The number of hydrogen-bond acceptors (Lipinski definition) is 6. The van der Waals surface area contributed by atoms with Gasteiger partial charge in [-0.2, -0.15) is 23.3 Å². The van der Waals surface area contributed by atoms with Crippen LogP contribution in [0.5, 0.6) is 0 Å². The summed E-state index contributed by atoms with van der Waals surface area (Å²) >= 11 is 5.84. The van der Waals surface area contributed by atoms with E-state index in [9.17, 15) is 32.7 Å². The fourth-order valence-corrected chi connectivity index (χ4v) is 3.33. The number of hydrazone groups is 1. The van der Waals surface area contributed by atoms with Crippen LogP contribution in [0.25, 0.3) is 11.3 Å². The van der Waals surface area contributed by atoms with E-state index in [1.165, 1.54) is 48.5 Å². The molecule has 35 heavy (non-hydrogen) atoms. The Morgan fingerprint density at radius 1 is 1.03 bits per heavy atom. The van der Waals surface area contributed by atoms with E-state index in [1.54, 1.807) is 0 Å². The minimum Gasteiger partial charge on any atom is -0.478 e. The monoisotopic (exact) mass is 505 g/mol. The third kappa shape index (κ3) is 4.64. The van der Waals surface area contributed by atoms with Gasteiger partial charge in [0.1, 0.15) is 5.76 Å². The van der Waals surface area contributed by atoms with Crippen molar-refractivity contribution in [2.45, 2.75) is 6.18 Å². The van der Waals surface area contributed by atoms with E-state index in [1.807, 2.05) is 0 Å². The SMILES string of the molecule is O=C(O)c1cccc(N2N=C(C(F)(F)F)C(=Nc3ccc(-c4ccc(Cl)c(C(=O)O)c4)o3)C2=O)c1. The summed E-state index contributed by atoms with van der Waals surface area (Å²) in [5.41, 5.74) is -3.09. The Balaban J connectivity index is 1.72. The number of nitrogens with zero attached hydrogens (tertiary/aromatic N) is 3. The topological polar surface area (TPSA) is 133 Å². The van der Waals surface area contributed by atoms with Gasteiger partial charge in [-0.1, -0.05) is 17.7 Å². The molecule has 0 fully saturated rings. The summed E-state index contributed by atoms with van der Waals surface area (Å²) in [6.07, 6.45) is -5.06. The normalized spacial score (nSPS) is 15.0. The molecule has 1 aliphatic rings. The standard InChI is InChI=1S/C22H11ClF3N3O6/c23-14-5-4-10(9-13(14)21(33)34)15-6-7-16(35-15)27-17-18(22(24,25)26)28-29(19(17)30)12-3-1-2-11(8-12)20(31)32/h1-9H,(H,31,32)(H,33,34). The second kappa shape index (κ2) is 8.72. The summed E-state index contributed by atoms with van der Waals surface area (Å²) in [5, 5.41) is 22.0. The van der Waals surface area contributed by atoms with Crippen LogP contribution in [0.3, 0.4) is 0 Å². The molecular weight excluding hydrogens is 495 g/mol. The van der Waals surface area contributed by atoms with Gasteiger partial charge in [-0.05, 0) is 42.5 Å². The summed E-state index contributed by atoms with van der Waals surface area (Å²) in [5.74, 6) is -4.21. The Kier molecular flexibility index (Phi) is 5.91. The summed E-state index contributed by atoms with van der Waals surface area (Å²) in [6.45, 7) is 0. The summed E-state index contributed by atoms with van der Waals surface area (Å²) in [4.78, 5) is 38.9. The average molecular weight is 506 g/mol. The number of anilines is 1. The molecular formula is C22H11ClF3N3O6. The first-order valence-corrected chi connectivity index (χ1v) is 9.89. The molecule has 0 spiro atoms. The van der Waals surface area contributed by atoms with Gasteiger partial charge in [0.05, 0.1) is 21.8 Å². The van der Waals surface area contributed by atoms with Crippen LogP contribution in [0, 0.1) is 0 Å². The number of furan rings is 1. The molecule has 0 aliphatic carbocycles. The number of aliphatic imine (C=N–C) groups is 1. The molecule has 2 aromatic carbocycles. The number of carboxylic acids is 2. The van der Waals surface area contributed by atoms with Gasteiger partial charge < -0.3 is 14.6 Å². The number of alkyl halides is 3. The molecule has 2 heterocycles. The van der Waals surface area contributed by atoms with Crippen LogP contribution < -0.4 is 5.01 Å². The molecule has 3 aromatic rings. The van der Waals surface area contributed by atoms with Gasteiger partial charge in [0, 0.05) is 11.6 Å². The van der Waals surface area contributed by atoms with Crippen LogP contribution in [0.15, 0.2) is 69.1 Å².